The van der Waals surface area contributed by atoms with Crippen molar-refractivity contribution < 1.29 is 14.7 Å². The SMILES string of the molecule is O=C(O)c1ccc(C(=O)N2CCC(N3CCCC3)C2)s1. The van der Waals surface area contributed by atoms with Gasteiger partial charge in [0.25, 0.3) is 5.91 Å². The summed E-state index contributed by atoms with van der Waals surface area (Å²) >= 11 is 1.07. The second-order valence-electron chi connectivity index (χ2n) is 5.41. The van der Waals surface area contributed by atoms with Crippen LogP contribution in [0.1, 0.15) is 38.6 Å². The molecule has 0 radical (unpaired) electrons. The Morgan fingerprint density at radius 2 is 1.85 bits per heavy atom. The number of carbonyl (C=O) groups excluding carboxylic acids is 1. The Balaban J connectivity index is 1.64. The molecule has 2 aliphatic heterocycles. The molecule has 108 valence electrons. The maximum Gasteiger partial charge on any atom is 0.345 e. The third-order valence-electron chi connectivity index (χ3n) is 4.14. The molecule has 2 aliphatic rings. The Hall–Kier alpha value is -1.40. The largest absolute Gasteiger partial charge is 0.477 e. The second kappa shape index (κ2) is 5.54. The first kappa shape index (κ1) is 13.6. The van der Waals surface area contributed by atoms with Crippen LogP contribution in [-0.4, -0.2) is 59.0 Å². The Bertz CT molecular complexity index is 522. The molecule has 0 aromatic carbocycles. The highest BCUT2D eigenvalue weighted by atomic mass is 32.1. The van der Waals surface area contributed by atoms with Crippen LogP contribution in [-0.2, 0) is 0 Å². The molecule has 20 heavy (non-hydrogen) atoms. The van der Waals surface area contributed by atoms with Crippen LogP contribution in [0.5, 0.6) is 0 Å². The molecule has 5 nitrogen and oxygen atoms in total. The normalized spacial score (nSPS) is 23.4. The highest BCUT2D eigenvalue weighted by Crippen LogP contribution is 2.24. The van der Waals surface area contributed by atoms with E-state index in [0.717, 1.165) is 43.9 Å². The maximum atomic E-state index is 12.4. The van der Waals surface area contributed by atoms with Crippen molar-refractivity contribution in [1.82, 2.24) is 9.80 Å². The van der Waals surface area contributed by atoms with Crippen LogP contribution >= 0.6 is 11.3 Å². The van der Waals surface area contributed by atoms with Gasteiger partial charge in [0, 0.05) is 19.1 Å². The molecule has 6 heteroatoms. The van der Waals surface area contributed by atoms with E-state index < -0.39 is 5.97 Å². The number of rotatable bonds is 3. The minimum atomic E-state index is -0.967. The van der Waals surface area contributed by atoms with E-state index in [2.05, 4.69) is 4.90 Å². The zero-order chi connectivity index (χ0) is 14.1. The minimum absolute atomic E-state index is 0.0239. The average molecular weight is 294 g/mol. The Labute approximate surface area is 121 Å². The fraction of sp³-hybridized carbons (Fsp3) is 0.571. The molecule has 0 spiro atoms. The third kappa shape index (κ3) is 2.58. The summed E-state index contributed by atoms with van der Waals surface area (Å²) in [7, 11) is 0. The standard InChI is InChI=1S/C14H18N2O3S/c17-13(11-3-4-12(20-11)14(18)19)16-8-5-10(9-16)15-6-1-2-7-15/h3-4,10H,1-2,5-9H2,(H,18,19). The van der Waals surface area contributed by atoms with Crippen molar-refractivity contribution in [1.29, 1.82) is 0 Å². The molecule has 2 fully saturated rings. The van der Waals surface area contributed by atoms with Gasteiger partial charge in [-0.3, -0.25) is 9.69 Å². The first-order chi connectivity index (χ1) is 9.65. The fourth-order valence-electron chi connectivity index (χ4n) is 3.05. The smallest absolute Gasteiger partial charge is 0.345 e. The fourth-order valence-corrected chi connectivity index (χ4v) is 3.87. The predicted octanol–water partition coefficient (Wildman–Crippen LogP) is 1.76. The predicted molar refractivity (Wildman–Crippen MR) is 76.4 cm³/mol. The Kier molecular flexibility index (Phi) is 3.76. The van der Waals surface area contributed by atoms with E-state index in [9.17, 15) is 9.59 Å². The summed E-state index contributed by atoms with van der Waals surface area (Å²) in [5, 5.41) is 8.91. The number of carboxylic acid groups (broad SMARTS) is 1. The van der Waals surface area contributed by atoms with Gasteiger partial charge in [0.15, 0.2) is 0 Å². The van der Waals surface area contributed by atoms with Crippen LogP contribution in [0.2, 0.25) is 0 Å². The number of aromatic carboxylic acids is 1. The van der Waals surface area contributed by atoms with E-state index in [4.69, 9.17) is 5.11 Å². The topological polar surface area (TPSA) is 60.9 Å². The van der Waals surface area contributed by atoms with Gasteiger partial charge in [-0.2, -0.15) is 0 Å². The first-order valence-electron chi connectivity index (χ1n) is 7.01. The average Bonchev–Trinajstić information content (AvgIpc) is 3.17. The lowest BCUT2D eigenvalue weighted by Gasteiger charge is -2.23. The molecule has 3 heterocycles. The van der Waals surface area contributed by atoms with Crippen molar-refractivity contribution in [3.8, 4) is 0 Å². The summed E-state index contributed by atoms with van der Waals surface area (Å²) in [6, 6.07) is 3.62. The van der Waals surface area contributed by atoms with Crippen molar-refractivity contribution in [3.05, 3.63) is 21.9 Å². The van der Waals surface area contributed by atoms with Crippen molar-refractivity contribution in [3.63, 3.8) is 0 Å². The van der Waals surface area contributed by atoms with Crippen molar-refractivity contribution in [2.24, 2.45) is 0 Å². The third-order valence-corrected chi connectivity index (χ3v) is 5.20. The lowest BCUT2D eigenvalue weighted by Crippen LogP contribution is -2.36. The van der Waals surface area contributed by atoms with Gasteiger partial charge in [-0.25, -0.2) is 4.79 Å². The molecule has 1 aromatic rings. The van der Waals surface area contributed by atoms with E-state index in [0.29, 0.717) is 10.9 Å². The molecular formula is C14H18N2O3S. The number of carbonyl (C=O) groups is 2. The molecule has 3 rings (SSSR count). The Morgan fingerprint density at radius 3 is 2.50 bits per heavy atom. The lowest BCUT2D eigenvalue weighted by atomic mass is 10.2. The van der Waals surface area contributed by atoms with Crippen LogP contribution in [0.25, 0.3) is 0 Å². The van der Waals surface area contributed by atoms with Gasteiger partial charge < -0.3 is 10.0 Å². The van der Waals surface area contributed by atoms with Gasteiger partial charge in [-0.05, 0) is 44.5 Å². The van der Waals surface area contributed by atoms with E-state index >= 15 is 0 Å². The highest BCUT2D eigenvalue weighted by molar-refractivity contribution is 7.15. The molecule has 0 aliphatic carbocycles. The molecule has 0 saturated carbocycles. The molecule has 1 unspecified atom stereocenters. The van der Waals surface area contributed by atoms with E-state index in [1.54, 1.807) is 6.07 Å². The molecule has 1 amide bonds. The molecule has 1 N–H and O–H groups in total. The summed E-state index contributed by atoms with van der Waals surface area (Å²) in [6.45, 7) is 3.85. The van der Waals surface area contributed by atoms with Gasteiger partial charge >= 0.3 is 5.97 Å². The summed E-state index contributed by atoms with van der Waals surface area (Å²) in [5.41, 5.74) is 0. The number of thiophene rings is 1. The van der Waals surface area contributed by atoms with Crippen molar-refractivity contribution in [2.75, 3.05) is 26.2 Å². The molecule has 2 saturated heterocycles. The van der Waals surface area contributed by atoms with Crippen LogP contribution in [0.4, 0.5) is 0 Å². The van der Waals surface area contributed by atoms with E-state index in [1.165, 1.54) is 18.9 Å². The number of hydrogen-bond acceptors (Lipinski definition) is 4. The van der Waals surface area contributed by atoms with Gasteiger partial charge in [0.1, 0.15) is 4.88 Å². The second-order valence-corrected chi connectivity index (χ2v) is 6.49. The minimum Gasteiger partial charge on any atom is -0.477 e. The number of amides is 1. The monoisotopic (exact) mass is 294 g/mol. The van der Waals surface area contributed by atoms with E-state index in [1.807, 2.05) is 4.90 Å². The first-order valence-corrected chi connectivity index (χ1v) is 7.83. The summed E-state index contributed by atoms with van der Waals surface area (Å²) in [6.07, 6.45) is 3.55. The summed E-state index contributed by atoms with van der Waals surface area (Å²) in [4.78, 5) is 28.3. The molecule has 1 atom stereocenters. The van der Waals surface area contributed by atoms with Crippen LogP contribution in [0.3, 0.4) is 0 Å². The van der Waals surface area contributed by atoms with Crippen molar-refractivity contribution >= 4 is 23.2 Å². The lowest BCUT2D eigenvalue weighted by molar-refractivity contribution is 0.0701. The number of likely N-dealkylation sites (tertiary alicyclic amines) is 2. The van der Waals surface area contributed by atoms with Crippen molar-refractivity contribution in [2.45, 2.75) is 25.3 Å². The summed E-state index contributed by atoms with van der Waals surface area (Å²) in [5.74, 6) is -0.991. The zero-order valence-corrected chi connectivity index (χ0v) is 12.1. The van der Waals surface area contributed by atoms with Gasteiger partial charge in [-0.15, -0.1) is 11.3 Å². The van der Waals surface area contributed by atoms with Crippen LogP contribution < -0.4 is 0 Å². The van der Waals surface area contributed by atoms with Gasteiger partial charge in [0.05, 0.1) is 4.88 Å². The number of carboxylic acids is 1. The molecule has 0 bridgehead atoms. The van der Waals surface area contributed by atoms with Gasteiger partial charge in [0.2, 0.25) is 0 Å². The quantitative estimate of drug-likeness (QED) is 0.922. The van der Waals surface area contributed by atoms with Gasteiger partial charge in [-0.1, -0.05) is 0 Å². The molecule has 1 aromatic heterocycles. The molecular weight excluding hydrogens is 276 g/mol. The highest BCUT2D eigenvalue weighted by Gasteiger charge is 2.32. The number of hydrogen-bond donors (Lipinski definition) is 1. The van der Waals surface area contributed by atoms with Crippen LogP contribution in [0.15, 0.2) is 12.1 Å². The Morgan fingerprint density at radius 1 is 1.15 bits per heavy atom. The van der Waals surface area contributed by atoms with E-state index in [-0.39, 0.29) is 10.8 Å². The zero-order valence-electron chi connectivity index (χ0n) is 11.2. The maximum absolute atomic E-state index is 12.4. The van der Waals surface area contributed by atoms with Crippen LogP contribution in [0, 0.1) is 0 Å². The number of nitrogens with zero attached hydrogens (tertiary/aromatic N) is 2. The summed E-state index contributed by atoms with van der Waals surface area (Å²) < 4.78 is 0.